The van der Waals surface area contributed by atoms with Crippen LogP contribution in [0.3, 0.4) is 0 Å². The molecule has 0 radical (unpaired) electrons. The maximum atomic E-state index is 5.64. The van der Waals surface area contributed by atoms with E-state index in [4.69, 9.17) is 17.3 Å². The summed E-state index contributed by atoms with van der Waals surface area (Å²) in [6, 6.07) is 1.86. The van der Waals surface area contributed by atoms with E-state index in [9.17, 15) is 0 Å². The van der Waals surface area contributed by atoms with Crippen LogP contribution in [-0.4, -0.2) is 10.9 Å². The first-order chi connectivity index (χ1) is 6.74. The maximum absolute atomic E-state index is 5.64. The Balaban J connectivity index is 2.73. The highest BCUT2D eigenvalue weighted by Gasteiger charge is 1.96. The van der Waals surface area contributed by atoms with E-state index in [1.165, 1.54) is 0 Å². The van der Waals surface area contributed by atoms with Crippen LogP contribution in [0.5, 0.6) is 0 Å². The van der Waals surface area contributed by atoms with Gasteiger partial charge in [0.2, 0.25) is 0 Å². The van der Waals surface area contributed by atoms with Crippen molar-refractivity contribution in [3.63, 3.8) is 0 Å². The number of nitrogens with two attached hydrogens (primary N) is 1. The Bertz CT molecular complexity index is 368. The summed E-state index contributed by atoms with van der Waals surface area (Å²) in [5.74, 6) is 7.06. The predicted octanol–water partition coefficient (Wildman–Crippen LogP) is 2.80. The molecule has 0 spiro atoms. The maximum Gasteiger partial charge on any atom is 0.139 e. The molecule has 0 saturated carbocycles. The monoisotopic (exact) mass is 272 g/mol. The van der Waals surface area contributed by atoms with Crippen LogP contribution in [0.4, 0.5) is 5.82 Å². The van der Waals surface area contributed by atoms with E-state index < -0.39 is 0 Å². The van der Waals surface area contributed by atoms with Gasteiger partial charge in [-0.2, -0.15) is 0 Å². The molecule has 2 nitrogen and oxygen atoms in total. The summed E-state index contributed by atoms with van der Waals surface area (Å²) in [7, 11) is 0. The molecule has 0 saturated heterocycles. The smallest absolute Gasteiger partial charge is 0.139 e. The van der Waals surface area contributed by atoms with Crippen LogP contribution in [-0.2, 0) is 0 Å². The quantitative estimate of drug-likeness (QED) is 0.511. The minimum Gasteiger partial charge on any atom is -0.383 e. The number of anilines is 1. The fraction of sp³-hybridized carbons (Fsp3) is 0.300. The number of hydrogen-bond acceptors (Lipinski definition) is 2. The SMILES string of the molecule is Nc1ncc(Br)cc1C#CCCCCl. The van der Waals surface area contributed by atoms with Gasteiger partial charge in [0.15, 0.2) is 0 Å². The molecule has 0 aliphatic heterocycles. The molecular weight excluding hydrogens is 263 g/mol. The van der Waals surface area contributed by atoms with Gasteiger partial charge in [-0.1, -0.05) is 11.8 Å². The highest BCUT2D eigenvalue weighted by Crippen LogP contribution is 2.14. The normalized spacial score (nSPS) is 9.29. The van der Waals surface area contributed by atoms with E-state index in [1.54, 1.807) is 6.20 Å². The summed E-state index contributed by atoms with van der Waals surface area (Å²) in [6.45, 7) is 0. The zero-order chi connectivity index (χ0) is 10.4. The van der Waals surface area contributed by atoms with Gasteiger partial charge in [0.1, 0.15) is 5.82 Å². The summed E-state index contributed by atoms with van der Waals surface area (Å²) in [5, 5.41) is 0. The first-order valence-electron chi connectivity index (χ1n) is 4.20. The van der Waals surface area contributed by atoms with Gasteiger partial charge in [-0.3, -0.25) is 0 Å². The van der Waals surface area contributed by atoms with E-state index in [-0.39, 0.29) is 0 Å². The number of hydrogen-bond donors (Lipinski definition) is 1. The summed E-state index contributed by atoms with van der Waals surface area (Å²) < 4.78 is 0.883. The molecule has 0 aromatic carbocycles. The fourth-order valence-corrected chi connectivity index (χ4v) is 1.33. The molecule has 0 bridgehead atoms. The molecular formula is C10H10BrClN2. The molecule has 0 unspecified atom stereocenters. The molecule has 0 amide bonds. The zero-order valence-electron chi connectivity index (χ0n) is 7.56. The Morgan fingerprint density at radius 2 is 2.36 bits per heavy atom. The molecule has 4 heteroatoms. The molecule has 1 rings (SSSR count). The summed E-state index contributed by atoms with van der Waals surface area (Å²) in [5.41, 5.74) is 6.40. The average molecular weight is 274 g/mol. The number of nitrogen functional groups attached to an aromatic ring is 1. The molecule has 74 valence electrons. The highest BCUT2D eigenvalue weighted by atomic mass is 79.9. The van der Waals surface area contributed by atoms with E-state index in [0.717, 1.165) is 22.9 Å². The van der Waals surface area contributed by atoms with Crippen molar-refractivity contribution in [1.29, 1.82) is 0 Å². The molecule has 1 aromatic rings. The zero-order valence-corrected chi connectivity index (χ0v) is 9.90. The van der Waals surface area contributed by atoms with Crippen LogP contribution >= 0.6 is 27.5 Å². The van der Waals surface area contributed by atoms with Crippen molar-refractivity contribution in [1.82, 2.24) is 4.98 Å². The Morgan fingerprint density at radius 1 is 1.57 bits per heavy atom. The van der Waals surface area contributed by atoms with Gasteiger partial charge in [0.25, 0.3) is 0 Å². The second kappa shape index (κ2) is 5.90. The number of alkyl halides is 1. The van der Waals surface area contributed by atoms with Crippen LogP contribution in [0.2, 0.25) is 0 Å². The van der Waals surface area contributed by atoms with Gasteiger partial charge in [0, 0.05) is 23.0 Å². The Labute approximate surface area is 97.0 Å². The largest absolute Gasteiger partial charge is 0.383 e. The lowest BCUT2D eigenvalue weighted by molar-refractivity contribution is 0.991. The minimum absolute atomic E-state index is 0.464. The summed E-state index contributed by atoms with van der Waals surface area (Å²) >= 11 is 8.84. The predicted molar refractivity (Wildman–Crippen MR) is 63.2 cm³/mol. The lowest BCUT2D eigenvalue weighted by atomic mass is 10.2. The number of pyridine rings is 1. The fourth-order valence-electron chi connectivity index (χ4n) is 0.863. The molecule has 0 fully saturated rings. The Kier molecular flexibility index (Phi) is 4.78. The van der Waals surface area contributed by atoms with Gasteiger partial charge in [0.05, 0.1) is 5.56 Å². The van der Waals surface area contributed by atoms with Gasteiger partial charge in [-0.15, -0.1) is 11.6 Å². The summed E-state index contributed by atoms with van der Waals surface area (Å²) in [4.78, 5) is 3.98. The number of unbranched alkanes of at least 4 members (excludes halogenated alkanes) is 1. The van der Waals surface area contributed by atoms with Crippen LogP contribution in [0.25, 0.3) is 0 Å². The van der Waals surface area contributed by atoms with Crippen molar-refractivity contribution in [2.24, 2.45) is 0 Å². The van der Waals surface area contributed by atoms with E-state index in [2.05, 4.69) is 32.8 Å². The Hall–Kier alpha value is -0.720. The van der Waals surface area contributed by atoms with Crippen molar-refractivity contribution in [2.75, 3.05) is 11.6 Å². The second-order valence-corrected chi connectivity index (χ2v) is 3.97. The third-order valence-corrected chi connectivity index (χ3v) is 2.24. The molecule has 1 aromatic heterocycles. The van der Waals surface area contributed by atoms with E-state index in [1.807, 2.05) is 6.07 Å². The molecule has 1 heterocycles. The van der Waals surface area contributed by atoms with Gasteiger partial charge < -0.3 is 5.73 Å². The van der Waals surface area contributed by atoms with Crippen molar-refractivity contribution in [2.45, 2.75) is 12.8 Å². The number of nitrogens with zero attached hydrogens (tertiary/aromatic N) is 1. The van der Waals surface area contributed by atoms with Crippen LogP contribution in [0.15, 0.2) is 16.7 Å². The van der Waals surface area contributed by atoms with Gasteiger partial charge in [-0.05, 0) is 28.4 Å². The van der Waals surface area contributed by atoms with Crippen molar-refractivity contribution >= 4 is 33.3 Å². The first-order valence-corrected chi connectivity index (χ1v) is 5.52. The van der Waals surface area contributed by atoms with Crippen LogP contribution in [0, 0.1) is 11.8 Å². The lowest BCUT2D eigenvalue weighted by Crippen LogP contribution is -1.93. The molecule has 0 aliphatic rings. The molecule has 2 N–H and O–H groups in total. The Morgan fingerprint density at radius 3 is 3.07 bits per heavy atom. The van der Waals surface area contributed by atoms with Crippen molar-refractivity contribution in [3.8, 4) is 11.8 Å². The third kappa shape index (κ3) is 3.57. The van der Waals surface area contributed by atoms with Gasteiger partial charge >= 0.3 is 0 Å². The van der Waals surface area contributed by atoms with Crippen LogP contribution in [0.1, 0.15) is 18.4 Å². The standard InChI is InChI=1S/C10H10BrClN2/c11-9-6-8(10(13)14-7-9)4-2-1-3-5-12/h6-7H,1,3,5H2,(H2,13,14). The third-order valence-electron chi connectivity index (χ3n) is 1.54. The number of aromatic nitrogens is 1. The molecule has 0 atom stereocenters. The van der Waals surface area contributed by atoms with Gasteiger partial charge in [-0.25, -0.2) is 4.98 Å². The number of halogens is 2. The topological polar surface area (TPSA) is 38.9 Å². The average Bonchev–Trinajstić information content (AvgIpc) is 2.18. The van der Waals surface area contributed by atoms with Crippen molar-refractivity contribution < 1.29 is 0 Å². The number of rotatable bonds is 2. The molecule has 0 aliphatic carbocycles. The molecule has 14 heavy (non-hydrogen) atoms. The lowest BCUT2D eigenvalue weighted by Gasteiger charge is -1.96. The summed E-state index contributed by atoms with van der Waals surface area (Å²) in [6.07, 6.45) is 3.34. The minimum atomic E-state index is 0.464. The second-order valence-electron chi connectivity index (χ2n) is 2.68. The van der Waals surface area contributed by atoms with E-state index in [0.29, 0.717) is 11.7 Å². The van der Waals surface area contributed by atoms with E-state index >= 15 is 0 Å². The van der Waals surface area contributed by atoms with Crippen molar-refractivity contribution in [3.05, 3.63) is 22.3 Å². The highest BCUT2D eigenvalue weighted by molar-refractivity contribution is 9.10. The first kappa shape index (κ1) is 11.4. The van der Waals surface area contributed by atoms with Crippen LogP contribution < -0.4 is 5.73 Å².